The predicted octanol–water partition coefficient (Wildman–Crippen LogP) is 5.56. The van der Waals surface area contributed by atoms with Gasteiger partial charge in [0.25, 0.3) is 5.91 Å². The van der Waals surface area contributed by atoms with E-state index in [1.165, 1.54) is 12.1 Å². The first-order valence-electron chi connectivity index (χ1n) is 11.4. The van der Waals surface area contributed by atoms with Gasteiger partial charge in [0.15, 0.2) is 0 Å². The smallest absolute Gasteiger partial charge is 0.416 e. The monoisotopic (exact) mass is 510 g/mol. The van der Waals surface area contributed by atoms with Crippen LogP contribution in [0.5, 0.6) is 5.75 Å². The number of nitrogens with zero attached hydrogens (tertiary/aromatic N) is 3. The minimum absolute atomic E-state index is 0.180. The normalized spacial score (nSPS) is 15.2. The number of amides is 3. The minimum atomic E-state index is -4.47. The number of urea groups is 1. The summed E-state index contributed by atoms with van der Waals surface area (Å²) in [6, 6.07) is 19.9. The van der Waals surface area contributed by atoms with Crippen LogP contribution in [0, 0.1) is 0 Å². The van der Waals surface area contributed by atoms with Gasteiger partial charge in [0, 0.05) is 24.7 Å². The van der Waals surface area contributed by atoms with Gasteiger partial charge in [-0.05, 0) is 42.0 Å². The Kier molecular flexibility index (Phi) is 7.47. The van der Waals surface area contributed by atoms with E-state index >= 15 is 0 Å². The standard InChI is InChI=1S/C27H25F3N4O3/c1-33(26(36)31-21-13-11-20(12-14-21)27(28,29)30)17-25(35)34-24(18-7-4-3-5-8-18)16-23(32-34)19-9-6-10-22(15-19)37-2/h3-15,24H,16-17H2,1-2H3,(H,31,36)/t24-/m0/s1. The fourth-order valence-corrected chi connectivity index (χ4v) is 3.96. The molecule has 0 aliphatic carbocycles. The highest BCUT2D eigenvalue weighted by atomic mass is 19.4. The number of nitrogens with one attached hydrogen (secondary N) is 1. The number of benzene rings is 3. The molecule has 3 aromatic rings. The Balaban J connectivity index is 1.49. The zero-order valence-electron chi connectivity index (χ0n) is 20.2. The van der Waals surface area contributed by atoms with Gasteiger partial charge in [0.05, 0.1) is 24.4 Å². The van der Waals surface area contributed by atoms with E-state index in [1.807, 2.05) is 54.6 Å². The molecule has 3 aromatic carbocycles. The first-order chi connectivity index (χ1) is 17.7. The van der Waals surface area contributed by atoms with Crippen LogP contribution in [0.25, 0.3) is 0 Å². The number of alkyl halides is 3. The molecule has 1 atom stereocenters. The SMILES string of the molecule is COc1cccc(C2=NN(C(=O)CN(C)C(=O)Nc3ccc(C(F)(F)F)cc3)[C@H](c3ccccc3)C2)c1. The van der Waals surface area contributed by atoms with Crippen molar-refractivity contribution in [2.45, 2.75) is 18.6 Å². The molecule has 1 heterocycles. The summed E-state index contributed by atoms with van der Waals surface area (Å²) in [4.78, 5) is 27.1. The molecule has 0 saturated heterocycles. The van der Waals surface area contributed by atoms with E-state index in [1.54, 1.807) is 7.11 Å². The molecule has 1 N–H and O–H groups in total. The van der Waals surface area contributed by atoms with Crippen molar-refractivity contribution in [3.63, 3.8) is 0 Å². The van der Waals surface area contributed by atoms with E-state index in [4.69, 9.17) is 4.74 Å². The van der Waals surface area contributed by atoms with Crippen LogP contribution in [0.3, 0.4) is 0 Å². The summed E-state index contributed by atoms with van der Waals surface area (Å²) >= 11 is 0. The highest BCUT2D eigenvalue weighted by molar-refractivity contribution is 6.03. The Labute approximate surface area is 212 Å². The Hall–Kier alpha value is -4.34. The molecule has 0 radical (unpaired) electrons. The number of hydrazone groups is 1. The lowest BCUT2D eigenvalue weighted by Crippen LogP contribution is -2.41. The highest BCUT2D eigenvalue weighted by Gasteiger charge is 2.34. The second-order valence-corrected chi connectivity index (χ2v) is 8.51. The molecule has 0 bridgehead atoms. The summed E-state index contributed by atoms with van der Waals surface area (Å²) in [6.07, 6.45) is -3.99. The number of rotatable bonds is 6. The lowest BCUT2D eigenvalue weighted by atomic mass is 9.98. The van der Waals surface area contributed by atoms with E-state index in [0.29, 0.717) is 17.9 Å². The largest absolute Gasteiger partial charge is 0.497 e. The zero-order chi connectivity index (χ0) is 26.6. The molecule has 4 rings (SSSR count). The van der Waals surface area contributed by atoms with Crippen molar-refractivity contribution in [1.82, 2.24) is 9.91 Å². The second kappa shape index (κ2) is 10.7. The van der Waals surface area contributed by atoms with E-state index < -0.39 is 23.7 Å². The maximum absolute atomic E-state index is 13.3. The van der Waals surface area contributed by atoms with E-state index in [9.17, 15) is 22.8 Å². The van der Waals surface area contributed by atoms with Gasteiger partial charge in [-0.1, -0.05) is 42.5 Å². The quantitative estimate of drug-likeness (QED) is 0.472. The van der Waals surface area contributed by atoms with Gasteiger partial charge in [-0.15, -0.1) is 0 Å². The van der Waals surface area contributed by atoms with Crippen molar-refractivity contribution in [2.75, 3.05) is 26.0 Å². The third-order valence-corrected chi connectivity index (χ3v) is 5.94. The number of hydrogen-bond donors (Lipinski definition) is 1. The van der Waals surface area contributed by atoms with Gasteiger partial charge in [-0.3, -0.25) is 4.79 Å². The molecule has 0 aromatic heterocycles. The first kappa shape index (κ1) is 25.7. The van der Waals surface area contributed by atoms with Gasteiger partial charge in [0.2, 0.25) is 0 Å². The maximum atomic E-state index is 13.3. The van der Waals surface area contributed by atoms with Gasteiger partial charge in [-0.25, -0.2) is 9.80 Å². The second-order valence-electron chi connectivity index (χ2n) is 8.51. The van der Waals surface area contributed by atoms with Crippen LogP contribution in [0.4, 0.5) is 23.7 Å². The maximum Gasteiger partial charge on any atom is 0.416 e. The van der Waals surface area contributed by atoms with Crippen molar-refractivity contribution in [2.24, 2.45) is 5.10 Å². The summed E-state index contributed by atoms with van der Waals surface area (Å²) < 4.78 is 43.6. The predicted molar refractivity (Wildman–Crippen MR) is 133 cm³/mol. The number of halogens is 3. The molecule has 0 fully saturated rings. The van der Waals surface area contributed by atoms with E-state index in [0.717, 1.165) is 40.3 Å². The van der Waals surface area contributed by atoms with Crippen LogP contribution in [0.2, 0.25) is 0 Å². The molecular formula is C27H25F3N4O3. The molecular weight excluding hydrogens is 485 g/mol. The van der Waals surface area contributed by atoms with Crippen molar-refractivity contribution >= 4 is 23.3 Å². The van der Waals surface area contributed by atoms with Crippen molar-refractivity contribution in [1.29, 1.82) is 0 Å². The molecule has 3 amide bonds. The third-order valence-electron chi connectivity index (χ3n) is 5.94. The van der Waals surface area contributed by atoms with Crippen molar-refractivity contribution in [3.8, 4) is 5.75 Å². The Morgan fingerprint density at radius 1 is 1.05 bits per heavy atom. The van der Waals surface area contributed by atoms with Crippen LogP contribution in [-0.4, -0.2) is 48.3 Å². The summed E-state index contributed by atoms with van der Waals surface area (Å²) in [5, 5.41) is 8.49. The van der Waals surface area contributed by atoms with Crippen LogP contribution < -0.4 is 10.1 Å². The number of likely N-dealkylation sites (N-methyl/N-ethyl adjacent to an activating group) is 1. The van der Waals surface area contributed by atoms with E-state index in [-0.39, 0.29) is 18.3 Å². The van der Waals surface area contributed by atoms with Crippen molar-refractivity contribution in [3.05, 3.63) is 95.6 Å². The molecule has 37 heavy (non-hydrogen) atoms. The molecule has 1 aliphatic heterocycles. The molecule has 192 valence electrons. The fraction of sp³-hybridized carbons (Fsp3) is 0.222. The van der Waals surface area contributed by atoms with Gasteiger partial charge in [0.1, 0.15) is 12.3 Å². The number of hydrogen-bond acceptors (Lipinski definition) is 4. The molecule has 7 nitrogen and oxygen atoms in total. The van der Waals surface area contributed by atoms with E-state index in [2.05, 4.69) is 10.4 Å². The lowest BCUT2D eigenvalue weighted by molar-refractivity contribution is -0.137. The Morgan fingerprint density at radius 3 is 2.41 bits per heavy atom. The van der Waals surface area contributed by atoms with Gasteiger partial charge < -0.3 is 15.0 Å². The Bertz CT molecular complexity index is 1290. The molecule has 0 unspecified atom stereocenters. The van der Waals surface area contributed by atoms with Crippen LogP contribution in [0.1, 0.15) is 29.2 Å². The fourth-order valence-electron chi connectivity index (χ4n) is 3.96. The van der Waals surface area contributed by atoms with Gasteiger partial charge >= 0.3 is 12.2 Å². The third kappa shape index (κ3) is 6.08. The lowest BCUT2D eigenvalue weighted by Gasteiger charge is -2.25. The molecule has 1 aliphatic rings. The summed E-state index contributed by atoms with van der Waals surface area (Å²) in [5.74, 6) is 0.262. The molecule has 10 heteroatoms. The molecule has 0 spiro atoms. The first-order valence-corrected chi connectivity index (χ1v) is 11.4. The minimum Gasteiger partial charge on any atom is -0.497 e. The average molecular weight is 511 g/mol. The topological polar surface area (TPSA) is 74.2 Å². The van der Waals surface area contributed by atoms with Crippen LogP contribution >= 0.6 is 0 Å². The Morgan fingerprint density at radius 2 is 1.76 bits per heavy atom. The van der Waals surface area contributed by atoms with Gasteiger partial charge in [-0.2, -0.15) is 18.3 Å². The average Bonchev–Trinajstić information content (AvgIpc) is 3.35. The summed E-state index contributed by atoms with van der Waals surface area (Å²) in [6.45, 7) is -0.287. The zero-order valence-corrected chi connectivity index (χ0v) is 20.2. The summed E-state index contributed by atoms with van der Waals surface area (Å²) in [7, 11) is 3.00. The number of carbonyl (C=O) groups excluding carboxylic acids is 2. The number of carbonyl (C=O) groups is 2. The number of ether oxygens (including phenoxy) is 1. The van der Waals surface area contributed by atoms with Crippen molar-refractivity contribution < 1.29 is 27.5 Å². The number of methoxy groups -OCH3 is 1. The highest BCUT2D eigenvalue weighted by Crippen LogP contribution is 2.33. The molecule has 0 saturated carbocycles. The van der Waals surface area contributed by atoms with Crippen LogP contribution in [0.15, 0.2) is 84.0 Å². The van der Waals surface area contributed by atoms with Crippen LogP contribution in [-0.2, 0) is 11.0 Å². The number of anilines is 1. The summed E-state index contributed by atoms with van der Waals surface area (Å²) in [5.41, 5.74) is 1.79.